The molecule has 0 saturated heterocycles. The summed E-state index contributed by atoms with van der Waals surface area (Å²) < 4.78 is 13.3. The number of nitrogens with zero attached hydrogens (tertiary/aromatic N) is 2. The van der Waals surface area contributed by atoms with Crippen molar-refractivity contribution in [3.8, 4) is 0 Å². The zero-order chi connectivity index (χ0) is 18.2. The fourth-order valence-electron chi connectivity index (χ4n) is 2.93. The zero-order valence-corrected chi connectivity index (χ0v) is 15.3. The Hall–Kier alpha value is -1.95. The van der Waals surface area contributed by atoms with Crippen LogP contribution >= 0.6 is 0 Å². The van der Waals surface area contributed by atoms with Gasteiger partial charge in [-0.15, -0.1) is 0 Å². The van der Waals surface area contributed by atoms with Gasteiger partial charge in [-0.2, -0.15) is 0 Å². The summed E-state index contributed by atoms with van der Waals surface area (Å²) in [4.78, 5) is 19.9. The molecule has 0 spiro atoms. The third kappa shape index (κ3) is 5.81. The van der Waals surface area contributed by atoms with Gasteiger partial charge in [0.25, 0.3) is 5.91 Å². The van der Waals surface area contributed by atoms with E-state index in [1.807, 2.05) is 6.92 Å². The summed E-state index contributed by atoms with van der Waals surface area (Å²) in [6.45, 7) is 9.45. The van der Waals surface area contributed by atoms with Crippen LogP contribution in [0.4, 0.5) is 4.39 Å². The number of oxime groups is 1. The van der Waals surface area contributed by atoms with Crippen LogP contribution in [-0.2, 0) is 9.63 Å². The van der Waals surface area contributed by atoms with Crippen molar-refractivity contribution in [3.63, 3.8) is 0 Å². The molecule has 6 heteroatoms. The van der Waals surface area contributed by atoms with Crippen LogP contribution < -0.4 is 5.32 Å². The third-order valence-electron chi connectivity index (χ3n) is 4.51. The molecule has 25 heavy (non-hydrogen) atoms. The molecule has 0 aromatic heterocycles. The summed E-state index contributed by atoms with van der Waals surface area (Å²) in [5.41, 5.74) is 1.26. The van der Waals surface area contributed by atoms with Crippen LogP contribution in [0, 0.1) is 5.82 Å². The number of hydrogen-bond donors (Lipinski definition) is 1. The Morgan fingerprint density at radius 1 is 1.44 bits per heavy atom. The van der Waals surface area contributed by atoms with Gasteiger partial charge in [-0.25, -0.2) is 4.39 Å². The lowest BCUT2D eigenvalue weighted by Gasteiger charge is -2.20. The van der Waals surface area contributed by atoms with E-state index in [1.165, 1.54) is 12.1 Å². The summed E-state index contributed by atoms with van der Waals surface area (Å²) >= 11 is 0. The fraction of sp³-hybridized carbons (Fsp3) is 0.579. The lowest BCUT2D eigenvalue weighted by Crippen LogP contribution is -2.40. The van der Waals surface area contributed by atoms with E-state index in [4.69, 9.17) is 4.84 Å². The molecule has 0 radical (unpaired) electrons. The molecular formula is C19H28FN3O2. The van der Waals surface area contributed by atoms with Gasteiger partial charge < -0.3 is 15.1 Å². The zero-order valence-electron chi connectivity index (χ0n) is 15.3. The summed E-state index contributed by atoms with van der Waals surface area (Å²) in [6.07, 6.45) is 1.69. The van der Waals surface area contributed by atoms with Crippen LogP contribution in [0.15, 0.2) is 29.4 Å². The molecule has 1 aliphatic heterocycles. The minimum Gasteiger partial charge on any atom is -0.382 e. The first-order chi connectivity index (χ1) is 12.0. The number of carbonyl (C=O) groups is 1. The van der Waals surface area contributed by atoms with Gasteiger partial charge in [0.05, 0.1) is 5.71 Å². The van der Waals surface area contributed by atoms with E-state index in [0.29, 0.717) is 17.7 Å². The standard InChI is InChI=1S/C19H28FN3O2/c1-4-23(5-2)11-7-8-14(3)21-19(24)18-13-17(22-25-18)15-9-6-10-16(20)12-15/h6,9-10,12,14,18H,4-5,7-8,11,13H2,1-3H3,(H,21,24). The molecule has 0 fully saturated rings. The van der Waals surface area contributed by atoms with E-state index in [-0.39, 0.29) is 17.8 Å². The van der Waals surface area contributed by atoms with Gasteiger partial charge in [0.15, 0.2) is 0 Å². The molecule has 138 valence electrons. The Labute approximate surface area is 149 Å². The average Bonchev–Trinajstić information content (AvgIpc) is 3.09. The highest BCUT2D eigenvalue weighted by Gasteiger charge is 2.29. The molecule has 1 amide bonds. The van der Waals surface area contributed by atoms with E-state index in [1.54, 1.807) is 12.1 Å². The number of halogens is 1. The van der Waals surface area contributed by atoms with Crippen molar-refractivity contribution in [1.29, 1.82) is 0 Å². The Bertz CT molecular complexity index is 602. The quantitative estimate of drug-likeness (QED) is 0.746. The Morgan fingerprint density at radius 2 is 2.20 bits per heavy atom. The number of carbonyl (C=O) groups excluding carboxylic acids is 1. The Morgan fingerprint density at radius 3 is 2.88 bits per heavy atom. The van der Waals surface area contributed by atoms with Crippen molar-refractivity contribution in [2.75, 3.05) is 19.6 Å². The van der Waals surface area contributed by atoms with Crippen molar-refractivity contribution in [1.82, 2.24) is 10.2 Å². The molecule has 0 bridgehead atoms. The summed E-state index contributed by atoms with van der Waals surface area (Å²) in [5, 5.41) is 6.93. The molecule has 1 aliphatic rings. The van der Waals surface area contributed by atoms with E-state index in [2.05, 4.69) is 29.2 Å². The van der Waals surface area contributed by atoms with Gasteiger partial charge in [-0.05, 0) is 51.5 Å². The fourth-order valence-corrected chi connectivity index (χ4v) is 2.93. The molecule has 1 aromatic carbocycles. The molecule has 2 unspecified atom stereocenters. The molecule has 1 heterocycles. The van der Waals surface area contributed by atoms with Crippen LogP contribution in [0.25, 0.3) is 0 Å². The molecule has 0 saturated carbocycles. The molecule has 0 aliphatic carbocycles. The minimum absolute atomic E-state index is 0.0879. The molecule has 2 atom stereocenters. The highest BCUT2D eigenvalue weighted by molar-refractivity contribution is 6.04. The molecule has 5 nitrogen and oxygen atoms in total. The van der Waals surface area contributed by atoms with Crippen molar-refractivity contribution in [2.24, 2.45) is 5.16 Å². The highest BCUT2D eigenvalue weighted by atomic mass is 19.1. The van der Waals surface area contributed by atoms with Gasteiger partial charge in [0.1, 0.15) is 5.82 Å². The first kappa shape index (κ1) is 19.4. The summed E-state index contributed by atoms with van der Waals surface area (Å²) in [6, 6.07) is 6.26. The monoisotopic (exact) mass is 349 g/mol. The number of nitrogens with one attached hydrogen (secondary N) is 1. The highest BCUT2D eigenvalue weighted by Crippen LogP contribution is 2.18. The maximum absolute atomic E-state index is 13.3. The number of amides is 1. The Balaban J connectivity index is 1.75. The van der Waals surface area contributed by atoms with Crippen molar-refractivity contribution >= 4 is 11.6 Å². The van der Waals surface area contributed by atoms with Gasteiger partial charge >= 0.3 is 0 Å². The van der Waals surface area contributed by atoms with E-state index < -0.39 is 6.10 Å². The molecule has 1 N–H and O–H groups in total. The number of hydrogen-bond acceptors (Lipinski definition) is 4. The van der Waals surface area contributed by atoms with Crippen LogP contribution in [0.2, 0.25) is 0 Å². The van der Waals surface area contributed by atoms with Gasteiger partial charge in [0.2, 0.25) is 6.10 Å². The van der Waals surface area contributed by atoms with Gasteiger partial charge in [0, 0.05) is 18.0 Å². The molecular weight excluding hydrogens is 321 g/mol. The van der Waals surface area contributed by atoms with Crippen molar-refractivity contribution in [2.45, 2.75) is 52.2 Å². The van der Waals surface area contributed by atoms with E-state index in [9.17, 15) is 9.18 Å². The summed E-state index contributed by atoms with van der Waals surface area (Å²) in [7, 11) is 0. The third-order valence-corrected chi connectivity index (χ3v) is 4.51. The van der Waals surface area contributed by atoms with E-state index >= 15 is 0 Å². The van der Waals surface area contributed by atoms with Crippen LogP contribution in [0.1, 0.15) is 45.6 Å². The van der Waals surface area contributed by atoms with Crippen molar-refractivity contribution in [3.05, 3.63) is 35.6 Å². The predicted molar refractivity (Wildman–Crippen MR) is 97.1 cm³/mol. The molecule has 2 rings (SSSR count). The van der Waals surface area contributed by atoms with Crippen molar-refractivity contribution < 1.29 is 14.0 Å². The SMILES string of the molecule is CCN(CC)CCCC(C)NC(=O)C1CC(c2cccc(F)c2)=NO1. The predicted octanol–water partition coefficient (Wildman–Crippen LogP) is 2.95. The second-order valence-corrected chi connectivity index (χ2v) is 6.43. The van der Waals surface area contributed by atoms with Crippen LogP contribution in [-0.4, -0.2) is 48.3 Å². The minimum atomic E-state index is -0.636. The van der Waals surface area contributed by atoms with E-state index in [0.717, 1.165) is 32.5 Å². The molecule has 1 aromatic rings. The van der Waals surface area contributed by atoms with Gasteiger partial charge in [-0.3, -0.25) is 4.79 Å². The first-order valence-electron chi connectivity index (χ1n) is 9.04. The lowest BCUT2D eigenvalue weighted by atomic mass is 10.0. The second-order valence-electron chi connectivity index (χ2n) is 6.43. The largest absolute Gasteiger partial charge is 0.382 e. The maximum atomic E-state index is 13.3. The first-order valence-corrected chi connectivity index (χ1v) is 9.04. The summed E-state index contributed by atoms with van der Waals surface area (Å²) in [5.74, 6) is -0.486. The normalized spacial score (nSPS) is 18.0. The maximum Gasteiger partial charge on any atom is 0.264 e. The second kappa shape index (κ2) is 9.51. The number of rotatable bonds is 9. The topological polar surface area (TPSA) is 53.9 Å². The smallest absolute Gasteiger partial charge is 0.264 e. The average molecular weight is 349 g/mol. The lowest BCUT2D eigenvalue weighted by molar-refractivity contribution is -0.131. The van der Waals surface area contributed by atoms with Gasteiger partial charge in [-0.1, -0.05) is 31.1 Å². The number of benzene rings is 1. The van der Waals surface area contributed by atoms with Crippen LogP contribution in [0.3, 0.4) is 0 Å². The van der Waals surface area contributed by atoms with Crippen LogP contribution in [0.5, 0.6) is 0 Å². The Kier molecular flexibility index (Phi) is 7.37.